The highest BCUT2D eigenvalue weighted by Gasteiger charge is 2.03. The summed E-state index contributed by atoms with van der Waals surface area (Å²) in [6, 6.07) is 10.2. The summed E-state index contributed by atoms with van der Waals surface area (Å²) < 4.78 is 0. The van der Waals surface area contributed by atoms with Gasteiger partial charge in [-0.15, -0.1) is 0 Å². The second kappa shape index (κ2) is 3.92. The van der Waals surface area contributed by atoms with E-state index in [-0.39, 0.29) is 0 Å². The molecule has 0 amide bonds. The Hall–Kier alpha value is -1.83. The average Bonchev–Trinajstić information content (AvgIpc) is 2.68. The van der Waals surface area contributed by atoms with E-state index in [2.05, 4.69) is 22.3 Å². The summed E-state index contributed by atoms with van der Waals surface area (Å²) in [5.74, 6) is 0. The van der Waals surface area contributed by atoms with E-state index in [0.29, 0.717) is 0 Å². The molecular weight excluding hydrogens is 172 g/mol. The Balaban J connectivity index is 2.47. The van der Waals surface area contributed by atoms with Crippen molar-refractivity contribution in [3.8, 4) is 11.3 Å². The second-order valence-electron chi connectivity index (χ2n) is 3.06. The summed E-state index contributed by atoms with van der Waals surface area (Å²) in [5.41, 5.74) is 3.27. The molecule has 0 unspecified atom stereocenters. The van der Waals surface area contributed by atoms with Crippen molar-refractivity contribution in [2.24, 2.45) is 0 Å². The SMILES string of the molecule is C/C=C/c1c[nH]nc1-c1ccccc1. The third-order valence-electron chi connectivity index (χ3n) is 2.06. The molecule has 0 aliphatic heterocycles. The Labute approximate surface area is 83.3 Å². The van der Waals surface area contributed by atoms with Gasteiger partial charge in [0, 0.05) is 17.3 Å². The van der Waals surface area contributed by atoms with Crippen LogP contribution in [0, 0.1) is 0 Å². The van der Waals surface area contributed by atoms with Crippen LogP contribution in [0.1, 0.15) is 12.5 Å². The van der Waals surface area contributed by atoms with E-state index in [1.165, 1.54) is 0 Å². The normalized spacial score (nSPS) is 10.9. The Bertz CT molecular complexity index is 427. The molecule has 70 valence electrons. The number of nitrogens with zero attached hydrogens (tertiary/aromatic N) is 1. The molecule has 0 atom stereocenters. The van der Waals surface area contributed by atoms with Gasteiger partial charge in [0.2, 0.25) is 0 Å². The lowest BCUT2D eigenvalue weighted by Gasteiger charge is -1.96. The van der Waals surface area contributed by atoms with E-state index < -0.39 is 0 Å². The number of allylic oxidation sites excluding steroid dienone is 1. The molecule has 0 saturated heterocycles. The van der Waals surface area contributed by atoms with Gasteiger partial charge < -0.3 is 0 Å². The summed E-state index contributed by atoms with van der Waals surface area (Å²) in [4.78, 5) is 0. The van der Waals surface area contributed by atoms with Crippen molar-refractivity contribution in [1.29, 1.82) is 0 Å². The number of benzene rings is 1. The minimum absolute atomic E-state index is 1.00. The van der Waals surface area contributed by atoms with Gasteiger partial charge in [-0.3, -0.25) is 5.10 Å². The number of aromatic amines is 1. The molecule has 2 nitrogen and oxygen atoms in total. The van der Waals surface area contributed by atoms with Crippen LogP contribution in [0.4, 0.5) is 0 Å². The summed E-state index contributed by atoms with van der Waals surface area (Å²) in [6.07, 6.45) is 5.96. The maximum atomic E-state index is 4.23. The van der Waals surface area contributed by atoms with E-state index >= 15 is 0 Å². The minimum atomic E-state index is 1.00. The third kappa shape index (κ3) is 1.59. The molecule has 0 radical (unpaired) electrons. The lowest BCUT2D eigenvalue weighted by atomic mass is 10.1. The van der Waals surface area contributed by atoms with Crippen molar-refractivity contribution in [3.63, 3.8) is 0 Å². The average molecular weight is 184 g/mol. The van der Waals surface area contributed by atoms with E-state index in [0.717, 1.165) is 16.8 Å². The molecule has 0 aliphatic carbocycles. The Morgan fingerprint density at radius 3 is 2.71 bits per heavy atom. The molecule has 0 fully saturated rings. The van der Waals surface area contributed by atoms with Crippen LogP contribution in [0.2, 0.25) is 0 Å². The van der Waals surface area contributed by atoms with E-state index in [9.17, 15) is 0 Å². The van der Waals surface area contributed by atoms with Crippen molar-refractivity contribution in [2.45, 2.75) is 6.92 Å². The minimum Gasteiger partial charge on any atom is -0.284 e. The summed E-state index contributed by atoms with van der Waals surface area (Å²) in [7, 11) is 0. The van der Waals surface area contributed by atoms with Gasteiger partial charge in [-0.05, 0) is 6.92 Å². The topological polar surface area (TPSA) is 28.7 Å². The molecule has 2 heteroatoms. The van der Waals surface area contributed by atoms with Crippen LogP contribution in [0.15, 0.2) is 42.6 Å². The molecule has 2 rings (SSSR count). The second-order valence-corrected chi connectivity index (χ2v) is 3.06. The van der Waals surface area contributed by atoms with E-state index in [1.807, 2.05) is 43.5 Å². The first-order valence-corrected chi connectivity index (χ1v) is 4.63. The quantitative estimate of drug-likeness (QED) is 0.763. The van der Waals surface area contributed by atoms with Crippen molar-refractivity contribution in [2.75, 3.05) is 0 Å². The maximum absolute atomic E-state index is 4.23. The first kappa shape index (κ1) is 8.75. The van der Waals surface area contributed by atoms with Gasteiger partial charge in [-0.25, -0.2) is 0 Å². The summed E-state index contributed by atoms with van der Waals surface area (Å²) in [5, 5.41) is 7.11. The van der Waals surface area contributed by atoms with E-state index in [4.69, 9.17) is 0 Å². The highest BCUT2D eigenvalue weighted by atomic mass is 15.1. The van der Waals surface area contributed by atoms with Gasteiger partial charge in [0.15, 0.2) is 0 Å². The summed E-state index contributed by atoms with van der Waals surface area (Å²) >= 11 is 0. The first-order chi connectivity index (χ1) is 6.92. The van der Waals surface area contributed by atoms with Crippen LogP contribution < -0.4 is 0 Å². The fourth-order valence-corrected chi connectivity index (χ4v) is 1.43. The molecule has 0 aliphatic rings. The number of hydrogen-bond acceptors (Lipinski definition) is 1. The van der Waals surface area contributed by atoms with Crippen LogP contribution in [0.5, 0.6) is 0 Å². The molecule has 14 heavy (non-hydrogen) atoms. The number of H-pyrrole nitrogens is 1. The predicted octanol–water partition coefficient (Wildman–Crippen LogP) is 3.11. The standard InChI is InChI=1S/C12H12N2/c1-2-6-11-9-13-14-12(11)10-7-4-3-5-8-10/h2-9H,1H3,(H,13,14)/b6-2+. The summed E-state index contributed by atoms with van der Waals surface area (Å²) in [6.45, 7) is 2.00. The fourth-order valence-electron chi connectivity index (χ4n) is 1.43. The smallest absolute Gasteiger partial charge is 0.0992 e. The van der Waals surface area contributed by atoms with Crippen LogP contribution in [0.3, 0.4) is 0 Å². The zero-order valence-corrected chi connectivity index (χ0v) is 8.07. The number of hydrogen-bond donors (Lipinski definition) is 1. The predicted molar refractivity (Wildman–Crippen MR) is 58.7 cm³/mol. The molecule has 0 spiro atoms. The lowest BCUT2D eigenvalue weighted by molar-refractivity contribution is 1.10. The Morgan fingerprint density at radius 1 is 1.21 bits per heavy atom. The van der Waals surface area contributed by atoms with Gasteiger partial charge in [0.1, 0.15) is 0 Å². The van der Waals surface area contributed by atoms with Gasteiger partial charge in [0.25, 0.3) is 0 Å². The van der Waals surface area contributed by atoms with Crippen molar-refractivity contribution >= 4 is 6.08 Å². The van der Waals surface area contributed by atoms with Crippen LogP contribution >= 0.6 is 0 Å². The molecule has 1 heterocycles. The molecular formula is C12H12N2. The zero-order valence-electron chi connectivity index (χ0n) is 8.07. The highest BCUT2D eigenvalue weighted by molar-refractivity contribution is 5.71. The molecule has 0 saturated carbocycles. The number of nitrogens with one attached hydrogen (secondary N) is 1. The monoisotopic (exact) mass is 184 g/mol. The maximum Gasteiger partial charge on any atom is 0.0992 e. The highest BCUT2D eigenvalue weighted by Crippen LogP contribution is 2.21. The van der Waals surface area contributed by atoms with Crippen molar-refractivity contribution in [3.05, 3.63) is 48.2 Å². The number of rotatable bonds is 2. The molecule has 1 N–H and O–H groups in total. The zero-order chi connectivity index (χ0) is 9.80. The molecule has 1 aromatic heterocycles. The van der Waals surface area contributed by atoms with Crippen LogP contribution in [0.25, 0.3) is 17.3 Å². The van der Waals surface area contributed by atoms with Crippen molar-refractivity contribution in [1.82, 2.24) is 10.2 Å². The van der Waals surface area contributed by atoms with Gasteiger partial charge in [0.05, 0.1) is 5.69 Å². The molecule has 2 aromatic rings. The Kier molecular flexibility index (Phi) is 2.45. The lowest BCUT2D eigenvalue weighted by Crippen LogP contribution is -1.79. The largest absolute Gasteiger partial charge is 0.284 e. The van der Waals surface area contributed by atoms with Gasteiger partial charge in [-0.1, -0.05) is 42.5 Å². The van der Waals surface area contributed by atoms with Gasteiger partial charge >= 0.3 is 0 Å². The Morgan fingerprint density at radius 2 is 2.00 bits per heavy atom. The molecule has 1 aromatic carbocycles. The third-order valence-corrected chi connectivity index (χ3v) is 2.06. The van der Waals surface area contributed by atoms with E-state index in [1.54, 1.807) is 0 Å². The first-order valence-electron chi connectivity index (χ1n) is 4.63. The van der Waals surface area contributed by atoms with Crippen LogP contribution in [-0.2, 0) is 0 Å². The molecule has 0 bridgehead atoms. The number of aromatic nitrogens is 2. The fraction of sp³-hybridized carbons (Fsp3) is 0.0833. The van der Waals surface area contributed by atoms with Gasteiger partial charge in [-0.2, -0.15) is 5.10 Å². The van der Waals surface area contributed by atoms with Crippen LogP contribution in [-0.4, -0.2) is 10.2 Å². The van der Waals surface area contributed by atoms with Crippen molar-refractivity contribution < 1.29 is 0 Å².